The van der Waals surface area contributed by atoms with Crippen molar-refractivity contribution in [3.8, 4) is 5.75 Å². The molecule has 3 aromatic carbocycles. The molecule has 0 unspecified atom stereocenters. The first kappa shape index (κ1) is 35.0. The Balaban J connectivity index is 1.57. The number of ether oxygens (including phenoxy) is 3. The Morgan fingerprint density at radius 2 is 1.37 bits per heavy atom. The van der Waals surface area contributed by atoms with Gasteiger partial charge in [0, 0.05) is 6.42 Å². The van der Waals surface area contributed by atoms with Gasteiger partial charge in [-0.3, -0.25) is 14.4 Å². The summed E-state index contributed by atoms with van der Waals surface area (Å²) in [4.78, 5) is 62.8. The second-order valence-corrected chi connectivity index (χ2v) is 10.1. The number of hydrogen-bond acceptors (Lipinski definition) is 9. The summed E-state index contributed by atoms with van der Waals surface area (Å²) >= 11 is 0. The molecule has 3 amide bonds. The van der Waals surface area contributed by atoms with Crippen LogP contribution in [-0.2, 0) is 48.1 Å². The third-order valence-electron chi connectivity index (χ3n) is 6.48. The van der Waals surface area contributed by atoms with Crippen molar-refractivity contribution in [1.29, 1.82) is 0 Å². The summed E-state index contributed by atoms with van der Waals surface area (Å²) < 4.78 is 15.6. The van der Waals surface area contributed by atoms with Gasteiger partial charge in [-0.1, -0.05) is 85.5 Å². The van der Waals surface area contributed by atoms with E-state index in [2.05, 4.69) is 22.5 Å². The number of carbonyl (C=O) groups is 5. The highest BCUT2D eigenvalue weighted by atomic mass is 16.6. The maximum Gasteiger partial charge on any atom is 0.408 e. The van der Waals surface area contributed by atoms with E-state index < -0.39 is 54.6 Å². The summed E-state index contributed by atoms with van der Waals surface area (Å²) in [6, 6.07) is 20.8. The topological polar surface area (TPSA) is 169 Å². The van der Waals surface area contributed by atoms with Gasteiger partial charge in [0.15, 0.2) is 0 Å². The lowest BCUT2D eigenvalue weighted by Crippen LogP contribution is -2.57. The summed E-state index contributed by atoms with van der Waals surface area (Å²) in [5.74, 6) is -2.40. The monoisotopic (exact) mass is 631 g/mol. The van der Waals surface area contributed by atoms with Crippen LogP contribution in [0.15, 0.2) is 97.6 Å². The van der Waals surface area contributed by atoms with Gasteiger partial charge in [-0.2, -0.15) is 0 Å². The Hall–Kier alpha value is -5.49. The molecule has 0 aromatic heterocycles. The number of aliphatic hydroxyl groups is 1. The minimum absolute atomic E-state index is 0.0436. The van der Waals surface area contributed by atoms with Crippen LogP contribution in [0.4, 0.5) is 4.79 Å². The van der Waals surface area contributed by atoms with Gasteiger partial charge in [0.1, 0.15) is 37.1 Å². The van der Waals surface area contributed by atoms with Crippen LogP contribution in [0.2, 0.25) is 0 Å². The molecule has 0 bridgehead atoms. The predicted molar refractivity (Wildman–Crippen MR) is 167 cm³/mol. The summed E-state index contributed by atoms with van der Waals surface area (Å²) in [5.41, 5.74) is 2.14. The van der Waals surface area contributed by atoms with Gasteiger partial charge in [-0.25, -0.2) is 9.59 Å². The van der Waals surface area contributed by atoms with Gasteiger partial charge < -0.3 is 35.3 Å². The quantitative estimate of drug-likeness (QED) is 0.105. The van der Waals surface area contributed by atoms with Crippen molar-refractivity contribution in [2.45, 2.75) is 44.5 Å². The molecule has 0 saturated carbocycles. The molecule has 0 heterocycles. The van der Waals surface area contributed by atoms with Crippen LogP contribution in [0.25, 0.3) is 0 Å². The van der Waals surface area contributed by atoms with E-state index in [0.29, 0.717) is 16.9 Å². The molecule has 3 rings (SSSR count). The molecule has 0 aliphatic rings. The molecule has 4 N–H and O–H groups in total. The standard InChI is InChI=1S/C34H37N3O9/c1-3-18-44-33(42)23(2)35-32(41)29(21-38)36-31(40)28(19-24-10-6-4-7-11-24)37-34(43)45-22-26-14-16-27(17-15-26)46-30(39)20-25-12-8-5-9-13-25/h3-17,23,28-29,38H,1,18-22H2,2H3,(H,35,41)(H,36,40)(H,37,43)/t23-,28-,29-/m0/s1. The Labute approximate surface area is 266 Å². The minimum atomic E-state index is -1.42. The average molecular weight is 632 g/mol. The molecule has 3 atom stereocenters. The number of amides is 3. The van der Waals surface area contributed by atoms with Crippen molar-refractivity contribution < 1.29 is 43.3 Å². The molecule has 0 fully saturated rings. The van der Waals surface area contributed by atoms with E-state index in [4.69, 9.17) is 14.2 Å². The molecule has 242 valence electrons. The van der Waals surface area contributed by atoms with Crippen molar-refractivity contribution in [1.82, 2.24) is 16.0 Å². The van der Waals surface area contributed by atoms with E-state index in [0.717, 1.165) is 5.56 Å². The average Bonchev–Trinajstić information content (AvgIpc) is 3.06. The number of benzene rings is 3. The first-order chi connectivity index (χ1) is 22.2. The number of aliphatic hydroxyl groups excluding tert-OH is 1. The fourth-order valence-electron chi connectivity index (χ4n) is 4.08. The van der Waals surface area contributed by atoms with Crippen LogP contribution in [-0.4, -0.2) is 66.3 Å². The van der Waals surface area contributed by atoms with Crippen molar-refractivity contribution in [3.05, 3.63) is 114 Å². The first-order valence-electron chi connectivity index (χ1n) is 14.5. The SMILES string of the molecule is C=CCOC(=O)[C@H](C)NC(=O)[C@H](CO)NC(=O)[C@H](Cc1ccccc1)NC(=O)OCc1ccc(OC(=O)Cc2ccccc2)cc1. The summed E-state index contributed by atoms with van der Waals surface area (Å²) in [6.45, 7) is 3.87. The highest BCUT2D eigenvalue weighted by Gasteiger charge is 2.29. The lowest BCUT2D eigenvalue weighted by Gasteiger charge is -2.23. The third-order valence-corrected chi connectivity index (χ3v) is 6.48. The molecule has 0 spiro atoms. The minimum Gasteiger partial charge on any atom is -0.460 e. The fraction of sp³-hybridized carbons (Fsp3) is 0.265. The van der Waals surface area contributed by atoms with E-state index in [-0.39, 0.29) is 26.1 Å². The largest absolute Gasteiger partial charge is 0.460 e. The Morgan fingerprint density at radius 1 is 0.761 bits per heavy atom. The second-order valence-electron chi connectivity index (χ2n) is 10.1. The summed E-state index contributed by atoms with van der Waals surface area (Å²) in [5, 5.41) is 17.1. The smallest absolute Gasteiger partial charge is 0.408 e. The number of carbonyl (C=O) groups excluding carboxylic acids is 5. The second kappa shape index (κ2) is 18.3. The Bertz CT molecular complexity index is 1460. The van der Waals surface area contributed by atoms with E-state index in [1.807, 2.05) is 30.3 Å². The summed E-state index contributed by atoms with van der Waals surface area (Å²) in [6.07, 6.45) is 0.640. The highest BCUT2D eigenvalue weighted by Crippen LogP contribution is 2.14. The zero-order chi connectivity index (χ0) is 33.3. The molecule has 46 heavy (non-hydrogen) atoms. The molecule has 12 heteroatoms. The van der Waals surface area contributed by atoms with Gasteiger partial charge in [0.2, 0.25) is 11.8 Å². The van der Waals surface area contributed by atoms with Gasteiger partial charge in [0.25, 0.3) is 0 Å². The number of hydrogen-bond donors (Lipinski definition) is 4. The van der Waals surface area contributed by atoms with Crippen LogP contribution in [0.1, 0.15) is 23.6 Å². The number of nitrogens with one attached hydrogen (secondary N) is 3. The van der Waals surface area contributed by atoms with Crippen LogP contribution in [0.3, 0.4) is 0 Å². The van der Waals surface area contributed by atoms with E-state index in [1.54, 1.807) is 54.6 Å². The number of rotatable bonds is 16. The van der Waals surface area contributed by atoms with Gasteiger partial charge in [-0.15, -0.1) is 0 Å². The van der Waals surface area contributed by atoms with E-state index in [1.165, 1.54) is 13.0 Å². The van der Waals surface area contributed by atoms with Crippen molar-refractivity contribution in [2.24, 2.45) is 0 Å². The molecule has 0 aliphatic heterocycles. The zero-order valence-electron chi connectivity index (χ0n) is 25.3. The highest BCUT2D eigenvalue weighted by molar-refractivity contribution is 5.93. The van der Waals surface area contributed by atoms with Crippen LogP contribution < -0.4 is 20.7 Å². The molecule has 0 radical (unpaired) electrons. The predicted octanol–water partition coefficient (Wildman–Crippen LogP) is 2.38. The zero-order valence-corrected chi connectivity index (χ0v) is 25.3. The van der Waals surface area contributed by atoms with Crippen LogP contribution in [0.5, 0.6) is 5.75 Å². The Morgan fingerprint density at radius 3 is 1.98 bits per heavy atom. The van der Waals surface area contributed by atoms with E-state index in [9.17, 15) is 29.1 Å². The lowest BCUT2D eigenvalue weighted by molar-refractivity contribution is -0.146. The molecule has 0 saturated heterocycles. The number of esters is 2. The first-order valence-corrected chi connectivity index (χ1v) is 14.5. The van der Waals surface area contributed by atoms with E-state index >= 15 is 0 Å². The van der Waals surface area contributed by atoms with Gasteiger partial charge in [0.05, 0.1) is 13.0 Å². The van der Waals surface area contributed by atoms with Crippen molar-refractivity contribution in [2.75, 3.05) is 13.2 Å². The fourth-order valence-corrected chi connectivity index (χ4v) is 4.08. The molecule has 3 aromatic rings. The molecular weight excluding hydrogens is 594 g/mol. The van der Waals surface area contributed by atoms with Gasteiger partial charge in [-0.05, 0) is 35.7 Å². The lowest BCUT2D eigenvalue weighted by atomic mass is 10.0. The van der Waals surface area contributed by atoms with Crippen LogP contribution in [0, 0.1) is 0 Å². The maximum atomic E-state index is 13.2. The van der Waals surface area contributed by atoms with Gasteiger partial charge >= 0.3 is 18.0 Å². The number of alkyl carbamates (subject to hydrolysis) is 1. The van der Waals surface area contributed by atoms with Crippen LogP contribution >= 0.6 is 0 Å². The molecular formula is C34H37N3O9. The molecule has 12 nitrogen and oxygen atoms in total. The maximum absolute atomic E-state index is 13.2. The van der Waals surface area contributed by atoms with Crippen molar-refractivity contribution >= 4 is 29.8 Å². The summed E-state index contributed by atoms with van der Waals surface area (Å²) in [7, 11) is 0. The normalized spacial score (nSPS) is 12.4. The Kier molecular flexibility index (Phi) is 14.0. The third kappa shape index (κ3) is 11.9. The van der Waals surface area contributed by atoms with Crippen molar-refractivity contribution in [3.63, 3.8) is 0 Å². The molecule has 0 aliphatic carbocycles.